The summed E-state index contributed by atoms with van der Waals surface area (Å²) < 4.78 is 0.485. The van der Waals surface area contributed by atoms with Crippen LogP contribution >= 0.6 is 27.5 Å². The number of carboxylic acids is 1. The van der Waals surface area contributed by atoms with Gasteiger partial charge in [-0.1, -0.05) is 11.6 Å². The Kier molecular flexibility index (Phi) is 5.34. The molecule has 70 valence electrons. The van der Waals surface area contributed by atoms with Gasteiger partial charge in [-0.3, -0.25) is 4.98 Å². The smallest absolute Gasteiger partial charge is 0.338 e. The molecule has 0 bridgehead atoms. The van der Waals surface area contributed by atoms with Crippen molar-refractivity contribution in [2.24, 2.45) is 0 Å². The van der Waals surface area contributed by atoms with Gasteiger partial charge < -0.3 is 5.11 Å². The molecular weight excluding hydrogens is 257 g/mol. The van der Waals surface area contributed by atoms with Gasteiger partial charge in [-0.25, -0.2) is 4.79 Å². The number of carbonyl (C=O) groups is 1. The average Bonchev–Trinajstić information content (AvgIpc) is 2.13. The van der Waals surface area contributed by atoms with E-state index in [0.29, 0.717) is 4.47 Å². The Morgan fingerprint density at radius 1 is 1.54 bits per heavy atom. The molecule has 0 amide bonds. The molecular formula is C8H7BrClNO2. The molecule has 0 aliphatic rings. The molecule has 1 aromatic heterocycles. The van der Waals surface area contributed by atoms with Crippen molar-refractivity contribution in [3.8, 4) is 0 Å². The molecule has 13 heavy (non-hydrogen) atoms. The van der Waals surface area contributed by atoms with Crippen LogP contribution < -0.4 is 0 Å². The van der Waals surface area contributed by atoms with Crippen molar-refractivity contribution in [2.45, 2.75) is 0 Å². The second-order valence-electron chi connectivity index (χ2n) is 1.79. The maximum atomic E-state index is 10.4. The molecule has 1 N–H and O–H groups in total. The van der Waals surface area contributed by atoms with E-state index in [0.717, 1.165) is 0 Å². The number of halogens is 2. The molecule has 0 spiro atoms. The zero-order valence-corrected chi connectivity index (χ0v) is 8.97. The van der Waals surface area contributed by atoms with E-state index in [1.807, 2.05) is 0 Å². The second-order valence-corrected chi connectivity index (χ2v) is 3.02. The third-order valence-corrected chi connectivity index (χ3v) is 2.30. The van der Waals surface area contributed by atoms with Crippen molar-refractivity contribution in [3.63, 3.8) is 0 Å². The van der Waals surface area contributed by atoms with Crippen LogP contribution in [-0.4, -0.2) is 16.1 Å². The van der Waals surface area contributed by atoms with Gasteiger partial charge in [0.05, 0.1) is 15.1 Å². The topological polar surface area (TPSA) is 50.2 Å². The minimum absolute atomic E-state index is 0.000965. The highest BCUT2D eigenvalue weighted by Gasteiger charge is 2.10. The lowest BCUT2D eigenvalue weighted by Gasteiger charge is -1.97. The normalized spacial score (nSPS) is 8.46. The number of pyridine rings is 1. The Morgan fingerprint density at radius 2 is 2.08 bits per heavy atom. The summed E-state index contributed by atoms with van der Waals surface area (Å²) in [5.41, 5.74) is 0.000965. The van der Waals surface area contributed by atoms with Crippen molar-refractivity contribution in [1.29, 1.82) is 0 Å². The molecule has 0 aliphatic heterocycles. The molecule has 0 atom stereocenters. The van der Waals surface area contributed by atoms with Crippen molar-refractivity contribution < 1.29 is 9.90 Å². The van der Waals surface area contributed by atoms with Crippen LogP contribution in [0, 0.1) is 0 Å². The van der Waals surface area contributed by atoms with Gasteiger partial charge in [0.15, 0.2) is 0 Å². The number of aromatic nitrogens is 1. The van der Waals surface area contributed by atoms with Gasteiger partial charge in [-0.2, -0.15) is 0 Å². The molecule has 0 saturated carbocycles. The third-order valence-electron chi connectivity index (χ3n) is 1.07. The van der Waals surface area contributed by atoms with E-state index < -0.39 is 5.97 Å². The van der Waals surface area contributed by atoms with Crippen molar-refractivity contribution in [1.82, 2.24) is 4.98 Å². The highest BCUT2D eigenvalue weighted by Crippen LogP contribution is 2.24. The van der Waals surface area contributed by atoms with Gasteiger partial charge in [0, 0.05) is 12.4 Å². The summed E-state index contributed by atoms with van der Waals surface area (Å²) >= 11 is 8.68. The predicted octanol–water partition coefficient (Wildman–Crippen LogP) is 3.00. The molecule has 0 fully saturated rings. The Hall–Kier alpha value is -0.870. The second kappa shape index (κ2) is 5.72. The summed E-state index contributed by atoms with van der Waals surface area (Å²) in [5, 5.41) is 8.72. The van der Waals surface area contributed by atoms with Gasteiger partial charge >= 0.3 is 5.97 Å². The number of aromatic carboxylic acids is 1. The van der Waals surface area contributed by atoms with Gasteiger partial charge in [0.25, 0.3) is 0 Å². The largest absolute Gasteiger partial charge is 0.478 e. The molecule has 0 radical (unpaired) electrons. The number of carboxylic acid groups (broad SMARTS) is 1. The lowest BCUT2D eigenvalue weighted by atomic mass is 10.3. The zero-order chi connectivity index (χ0) is 10.4. The van der Waals surface area contributed by atoms with Crippen molar-refractivity contribution in [2.75, 3.05) is 0 Å². The van der Waals surface area contributed by atoms with E-state index in [4.69, 9.17) is 16.7 Å². The molecule has 0 aliphatic carbocycles. The van der Waals surface area contributed by atoms with Crippen LogP contribution in [-0.2, 0) is 0 Å². The Bertz CT molecular complexity index is 317. The molecule has 5 heteroatoms. The predicted molar refractivity (Wildman–Crippen MR) is 55.2 cm³/mol. The minimum Gasteiger partial charge on any atom is -0.478 e. The van der Waals surface area contributed by atoms with E-state index in [2.05, 4.69) is 34.1 Å². The third kappa shape index (κ3) is 3.16. The van der Waals surface area contributed by atoms with Gasteiger partial charge in [0.1, 0.15) is 0 Å². The molecule has 1 heterocycles. The van der Waals surface area contributed by atoms with Crippen LogP contribution in [0.15, 0.2) is 30.0 Å². The Morgan fingerprint density at radius 3 is 2.46 bits per heavy atom. The number of rotatable bonds is 1. The van der Waals surface area contributed by atoms with Crippen LogP contribution in [0.3, 0.4) is 0 Å². The summed E-state index contributed by atoms with van der Waals surface area (Å²) in [4.78, 5) is 14.1. The highest BCUT2D eigenvalue weighted by atomic mass is 79.9. The first-order valence-electron chi connectivity index (χ1n) is 3.15. The lowest BCUT2D eigenvalue weighted by Crippen LogP contribution is -1.98. The van der Waals surface area contributed by atoms with Crippen LogP contribution in [0.5, 0.6) is 0 Å². The van der Waals surface area contributed by atoms with Crippen molar-refractivity contribution in [3.05, 3.63) is 40.6 Å². The summed E-state index contributed by atoms with van der Waals surface area (Å²) in [6.07, 6.45) is 2.64. The molecule has 1 aromatic rings. The first-order chi connectivity index (χ1) is 6.13. The standard InChI is InChI=1S/C6H3BrClNO2.C2H4/c7-4-2-9-1-3(5(4)8)6(10)11;1-2/h1-2H,(H,10,11);1-2H2. The van der Waals surface area contributed by atoms with Crippen LogP contribution in [0.25, 0.3) is 0 Å². The van der Waals surface area contributed by atoms with E-state index in [9.17, 15) is 4.79 Å². The average molecular weight is 265 g/mol. The Balaban J connectivity index is 0.000000671. The summed E-state index contributed by atoms with van der Waals surface area (Å²) in [6.45, 7) is 6.00. The molecule has 3 nitrogen and oxygen atoms in total. The van der Waals surface area contributed by atoms with E-state index in [1.54, 1.807) is 0 Å². The fourth-order valence-corrected chi connectivity index (χ4v) is 1.08. The van der Waals surface area contributed by atoms with E-state index in [1.165, 1.54) is 12.4 Å². The minimum atomic E-state index is -1.08. The number of hydrogen-bond acceptors (Lipinski definition) is 2. The summed E-state index contributed by atoms with van der Waals surface area (Å²) in [5.74, 6) is -1.08. The quantitative estimate of drug-likeness (QED) is 0.793. The summed E-state index contributed by atoms with van der Waals surface area (Å²) in [7, 11) is 0. The van der Waals surface area contributed by atoms with Crippen molar-refractivity contribution >= 4 is 33.5 Å². The zero-order valence-electron chi connectivity index (χ0n) is 6.63. The van der Waals surface area contributed by atoms with E-state index >= 15 is 0 Å². The van der Waals surface area contributed by atoms with Crippen LogP contribution in [0.4, 0.5) is 0 Å². The first-order valence-corrected chi connectivity index (χ1v) is 4.32. The van der Waals surface area contributed by atoms with Gasteiger partial charge in [-0.05, 0) is 15.9 Å². The lowest BCUT2D eigenvalue weighted by molar-refractivity contribution is 0.0696. The Labute approximate surface area is 89.2 Å². The SMILES string of the molecule is C=C.O=C(O)c1cncc(Br)c1Cl. The number of nitrogens with zero attached hydrogens (tertiary/aromatic N) is 1. The maximum Gasteiger partial charge on any atom is 0.338 e. The van der Waals surface area contributed by atoms with Gasteiger partial charge in [-0.15, -0.1) is 13.2 Å². The highest BCUT2D eigenvalue weighted by molar-refractivity contribution is 9.10. The molecule has 0 saturated heterocycles. The monoisotopic (exact) mass is 263 g/mol. The summed E-state index contributed by atoms with van der Waals surface area (Å²) in [6, 6.07) is 0. The number of hydrogen-bond donors (Lipinski definition) is 1. The molecule has 1 rings (SSSR count). The molecule has 0 unspecified atom stereocenters. The van der Waals surface area contributed by atoms with Gasteiger partial charge in [0.2, 0.25) is 0 Å². The molecule has 0 aromatic carbocycles. The first kappa shape index (κ1) is 12.1. The maximum absolute atomic E-state index is 10.4. The fourth-order valence-electron chi connectivity index (χ4n) is 0.568. The fraction of sp³-hybridized carbons (Fsp3) is 0. The van der Waals surface area contributed by atoms with Crippen LogP contribution in [0.2, 0.25) is 5.02 Å². The van der Waals surface area contributed by atoms with E-state index in [-0.39, 0.29) is 10.6 Å². The van der Waals surface area contributed by atoms with Crippen LogP contribution in [0.1, 0.15) is 10.4 Å².